The summed E-state index contributed by atoms with van der Waals surface area (Å²) < 4.78 is 10.2. The van der Waals surface area contributed by atoms with Crippen molar-refractivity contribution >= 4 is 6.16 Å². The Kier molecular flexibility index (Phi) is 0.910. The van der Waals surface area contributed by atoms with Gasteiger partial charge >= 0.3 is 6.16 Å². The molecule has 4 atom stereocenters. The second-order valence-electron chi connectivity index (χ2n) is 3.73. The second-order valence-corrected chi connectivity index (χ2v) is 3.73. The highest BCUT2D eigenvalue weighted by Gasteiger charge is 2.55. The average molecular weight is 154 g/mol. The van der Waals surface area contributed by atoms with Crippen LogP contribution in [0.4, 0.5) is 4.79 Å². The number of hydrogen-bond donors (Lipinski definition) is 0. The predicted molar refractivity (Wildman–Crippen MR) is 36.0 cm³/mol. The van der Waals surface area contributed by atoms with Gasteiger partial charge in [0, 0.05) is 11.8 Å². The smallest absolute Gasteiger partial charge is 0.431 e. The van der Waals surface area contributed by atoms with E-state index in [1.807, 2.05) is 0 Å². The number of rotatable bonds is 0. The van der Waals surface area contributed by atoms with E-state index in [9.17, 15) is 4.79 Å². The number of carbonyl (C=O) groups excluding carboxylic acids is 1. The van der Waals surface area contributed by atoms with Crippen LogP contribution in [0.1, 0.15) is 19.3 Å². The zero-order valence-corrected chi connectivity index (χ0v) is 6.16. The van der Waals surface area contributed by atoms with E-state index in [-0.39, 0.29) is 12.2 Å². The Morgan fingerprint density at radius 2 is 2.18 bits per heavy atom. The first-order chi connectivity index (χ1) is 5.34. The Morgan fingerprint density at radius 3 is 3.00 bits per heavy atom. The summed E-state index contributed by atoms with van der Waals surface area (Å²) in [6, 6.07) is 0. The van der Waals surface area contributed by atoms with E-state index in [1.165, 1.54) is 12.8 Å². The maximum absolute atomic E-state index is 10.8. The van der Waals surface area contributed by atoms with Crippen LogP contribution >= 0.6 is 0 Å². The molecule has 0 aromatic heterocycles. The Bertz CT molecular complexity index is 213. The molecule has 3 aliphatic rings. The molecule has 0 radical (unpaired) electrons. The van der Waals surface area contributed by atoms with Gasteiger partial charge in [0.25, 0.3) is 0 Å². The van der Waals surface area contributed by atoms with Crippen molar-refractivity contribution in [1.29, 1.82) is 0 Å². The van der Waals surface area contributed by atoms with Crippen LogP contribution in [0.25, 0.3) is 0 Å². The minimum Gasteiger partial charge on any atom is -0.431 e. The summed E-state index contributed by atoms with van der Waals surface area (Å²) >= 11 is 0. The minimum atomic E-state index is -0.444. The predicted octanol–water partition coefficient (Wildman–Crippen LogP) is 1.32. The molecule has 0 spiro atoms. The molecule has 2 aliphatic carbocycles. The molecule has 2 saturated carbocycles. The van der Waals surface area contributed by atoms with Crippen LogP contribution in [0.2, 0.25) is 0 Å². The third-order valence-corrected chi connectivity index (χ3v) is 3.25. The van der Waals surface area contributed by atoms with Gasteiger partial charge in [-0.1, -0.05) is 0 Å². The largest absolute Gasteiger partial charge is 0.508 e. The normalized spacial score (nSPS) is 52.2. The molecule has 3 fully saturated rings. The fourth-order valence-corrected chi connectivity index (χ4v) is 2.79. The maximum Gasteiger partial charge on any atom is 0.508 e. The zero-order chi connectivity index (χ0) is 7.42. The Labute approximate surface area is 64.7 Å². The topological polar surface area (TPSA) is 35.5 Å². The molecular weight excluding hydrogens is 144 g/mol. The van der Waals surface area contributed by atoms with E-state index in [4.69, 9.17) is 9.47 Å². The summed E-state index contributed by atoms with van der Waals surface area (Å²) in [7, 11) is 0. The number of hydrogen-bond acceptors (Lipinski definition) is 3. The van der Waals surface area contributed by atoms with Crippen molar-refractivity contribution in [1.82, 2.24) is 0 Å². The molecule has 60 valence electrons. The molecule has 11 heavy (non-hydrogen) atoms. The molecular formula is C8H10O3. The van der Waals surface area contributed by atoms with Gasteiger partial charge in [0.15, 0.2) is 0 Å². The summed E-state index contributed by atoms with van der Waals surface area (Å²) in [6.07, 6.45) is 3.42. The third kappa shape index (κ3) is 0.613. The highest BCUT2D eigenvalue weighted by Crippen LogP contribution is 2.50. The molecule has 1 saturated heterocycles. The minimum absolute atomic E-state index is 0.194. The van der Waals surface area contributed by atoms with Gasteiger partial charge in [0.1, 0.15) is 12.2 Å². The highest BCUT2D eigenvalue weighted by atomic mass is 16.7. The Hall–Kier alpha value is -0.730. The molecule has 0 aromatic carbocycles. The monoisotopic (exact) mass is 154 g/mol. The SMILES string of the molecule is O=C1OC2CC3CCC2C3O1. The summed E-state index contributed by atoms with van der Waals surface area (Å²) in [5.74, 6) is 1.13. The molecule has 3 rings (SSSR count). The lowest BCUT2D eigenvalue weighted by Crippen LogP contribution is -2.35. The lowest BCUT2D eigenvalue weighted by atomic mass is 9.98. The Balaban J connectivity index is 1.95. The van der Waals surface area contributed by atoms with Crippen molar-refractivity contribution in [3.63, 3.8) is 0 Å². The van der Waals surface area contributed by atoms with Gasteiger partial charge in [-0.05, 0) is 19.3 Å². The quantitative estimate of drug-likeness (QED) is 0.493. The van der Waals surface area contributed by atoms with Gasteiger partial charge in [-0.2, -0.15) is 0 Å². The first-order valence-electron chi connectivity index (χ1n) is 4.22. The molecule has 0 N–H and O–H groups in total. The Morgan fingerprint density at radius 1 is 1.27 bits per heavy atom. The van der Waals surface area contributed by atoms with Crippen LogP contribution in [0, 0.1) is 11.8 Å². The summed E-state index contributed by atoms with van der Waals surface area (Å²) in [4.78, 5) is 10.8. The van der Waals surface area contributed by atoms with Crippen molar-refractivity contribution in [2.75, 3.05) is 0 Å². The third-order valence-electron chi connectivity index (χ3n) is 3.25. The average Bonchev–Trinajstić information content (AvgIpc) is 2.43. The summed E-state index contributed by atoms with van der Waals surface area (Å²) in [5.41, 5.74) is 0. The van der Waals surface area contributed by atoms with Crippen LogP contribution in [0.15, 0.2) is 0 Å². The van der Waals surface area contributed by atoms with E-state index in [2.05, 4.69) is 0 Å². The first kappa shape index (κ1) is 5.86. The molecule has 3 nitrogen and oxygen atoms in total. The van der Waals surface area contributed by atoms with E-state index in [0.29, 0.717) is 11.8 Å². The number of ether oxygens (including phenoxy) is 2. The van der Waals surface area contributed by atoms with Crippen LogP contribution in [0.3, 0.4) is 0 Å². The van der Waals surface area contributed by atoms with Crippen LogP contribution in [-0.2, 0) is 9.47 Å². The molecule has 4 unspecified atom stereocenters. The lowest BCUT2D eigenvalue weighted by molar-refractivity contribution is -0.0605. The fourth-order valence-electron chi connectivity index (χ4n) is 2.79. The van der Waals surface area contributed by atoms with Gasteiger partial charge in [0.05, 0.1) is 0 Å². The van der Waals surface area contributed by atoms with Gasteiger partial charge in [-0.15, -0.1) is 0 Å². The molecule has 4 bridgehead atoms. The zero-order valence-electron chi connectivity index (χ0n) is 6.16. The molecule has 1 heterocycles. The standard InChI is InChI=1S/C8H10O3/c9-8-10-6-3-4-1-2-5(6)7(4)11-8/h4-7H,1-3H2. The van der Waals surface area contributed by atoms with E-state index in [0.717, 1.165) is 6.42 Å². The van der Waals surface area contributed by atoms with Gasteiger partial charge in [0.2, 0.25) is 0 Å². The van der Waals surface area contributed by atoms with Crippen molar-refractivity contribution in [2.24, 2.45) is 11.8 Å². The summed E-state index contributed by atoms with van der Waals surface area (Å²) in [6.45, 7) is 0. The summed E-state index contributed by atoms with van der Waals surface area (Å²) in [5, 5.41) is 0. The van der Waals surface area contributed by atoms with Gasteiger partial charge in [-0.3, -0.25) is 0 Å². The second kappa shape index (κ2) is 1.71. The van der Waals surface area contributed by atoms with E-state index < -0.39 is 6.16 Å². The van der Waals surface area contributed by atoms with Crippen molar-refractivity contribution in [3.05, 3.63) is 0 Å². The molecule has 0 aromatic rings. The first-order valence-corrected chi connectivity index (χ1v) is 4.22. The van der Waals surface area contributed by atoms with Gasteiger partial charge in [-0.25, -0.2) is 4.79 Å². The van der Waals surface area contributed by atoms with Crippen molar-refractivity contribution in [2.45, 2.75) is 31.5 Å². The van der Waals surface area contributed by atoms with Gasteiger partial charge < -0.3 is 9.47 Å². The maximum atomic E-state index is 10.8. The molecule has 0 amide bonds. The van der Waals surface area contributed by atoms with E-state index in [1.54, 1.807) is 0 Å². The molecule has 3 heteroatoms. The van der Waals surface area contributed by atoms with Crippen molar-refractivity contribution < 1.29 is 14.3 Å². The van der Waals surface area contributed by atoms with Crippen LogP contribution < -0.4 is 0 Å². The lowest BCUT2D eigenvalue weighted by Gasteiger charge is -2.26. The van der Waals surface area contributed by atoms with Crippen LogP contribution in [-0.4, -0.2) is 18.4 Å². The van der Waals surface area contributed by atoms with E-state index >= 15 is 0 Å². The highest BCUT2D eigenvalue weighted by molar-refractivity contribution is 5.62. The number of carbonyl (C=O) groups is 1. The van der Waals surface area contributed by atoms with Crippen molar-refractivity contribution in [3.8, 4) is 0 Å². The fraction of sp³-hybridized carbons (Fsp3) is 0.875. The van der Waals surface area contributed by atoms with Crippen LogP contribution in [0.5, 0.6) is 0 Å². The molecule has 1 aliphatic heterocycles.